The number of amides is 1. The van der Waals surface area contributed by atoms with Crippen LogP contribution in [0.4, 0.5) is 5.69 Å². The average molecular weight is 261 g/mol. The maximum atomic E-state index is 12.1. The van der Waals surface area contributed by atoms with Gasteiger partial charge in [-0.15, -0.1) is 0 Å². The summed E-state index contributed by atoms with van der Waals surface area (Å²) in [5, 5.41) is 14.4. The number of nitrogens with zero attached hydrogens (tertiary/aromatic N) is 1. The molecule has 0 saturated heterocycles. The molecule has 1 amide bonds. The van der Waals surface area contributed by atoms with Gasteiger partial charge in [0.15, 0.2) is 5.84 Å². The van der Waals surface area contributed by atoms with E-state index < -0.39 is 5.92 Å². The van der Waals surface area contributed by atoms with E-state index in [1.807, 2.05) is 19.1 Å². The highest BCUT2D eigenvalue weighted by Crippen LogP contribution is 2.25. The maximum absolute atomic E-state index is 12.1. The smallest absolute Gasteiger partial charge is 0.235 e. The van der Waals surface area contributed by atoms with E-state index in [9.17, 15) is 4.79 Å². The average Bonchev–Trinajstić information content (AvgIpc) is 2.86. The molecule has 0 radical (unpaired) electrons. The first-order chi connectivity index (χ1) is 9.15. The van der Waals surface area contributed by atoms with Crippen LogP contribution in [0.2, 0.25) is 0 Å². The van der Waals surface area contributed by atoms with Crippen molar-refractivity contribution in [3.63, 3.8) is 0 Å². The third-order valence-corrected chi connectivity index (χ3v) is 3.56. The van der Waals surface area contributed by atoms with Crippen LogP contribution in [-0.2, 0) is 17.6 Å². The lowest BCUT2D eigenvalue weighted by Gasteiger charge is -2.14. The van der Waals surface area contributed by atoms with Gasteiger partial charge in [-0.1, -0.05) is 18.1 Å². The quantitative estimate of drug-likeness (QED) is 0.335. The zero-order valence-electron chi connectivity index (χ0n) is 11.0. The molecule has 1 aromatic rings. The highest BCUT2D eigenvalue weighted by atomic mass is 16.4. The normalized spacial score (nSPS) is 15.9. The van der Waals surface area contributed by atoms with Crippen LogP contribution < -0.4 is 11.1 Å². The first-order valence-corrected chi connectivity index (χ1v) is 6.55. The molecule has 102 valence electrons. The van der Waals surface area contributed by atoms with Crippen LogP contribution in [0.1, 0.15) is 30.9 Å². The Balaban J connectivity index is 2.10. The van der Waals surface area contributed by atoms with Crippen molar-refractivity contribution in [2.45, 2.75) is 32.6 Å². The van der Waals surface area contributed by atoms with Crippen LogP contribution >= 0.6 is 0 Å². The second-order valence-electron chi connectivity index (χ2n) is 4.81. The summed E-state index contributed by atoms with van der Waals surface area (Å²) in [6.45, 7) is 1.82. The summed E-state index contributed by atoms with van der Waals surface area (Å²) in [6, 6.07) is 5.97. The summed E-state index contributed by atoms with van der Waals surface area (Å²) in [7, 11) is 0. The van der Waals surface area contributed by atoms with Crippen molar-refractivity contribution < 1.29 is 10.0 Å². The minimum Gasteiger partial charge on any atom is -0.409 e. The van der Waals surface area contributed by atoms with Crippen LogP contribution in [0.25, 0.3) is 0 Å². The van der Waals surface area contributed by atoms with Crippen LogP contribution in [0.3, 0.4) is 0 Å². The predicted octanol–water partition coefficient (Wildman–Crippen LogP) is 1.89. The molecule has 0 fully saturated rings. The summed E-state index contributed by atoms with van der Waals surface area (Å²) < 4.78 is 0. The maximum Gasteiger partial charge on any atom is 0.235 e. The Hall–Kier alpha value is -2.04. The molecule has 1 unspecified atom stereocenters. The number of nitrogens with one attached hydrogen (secondary N) is 1. The SMILES string of the molecule is CCC(C(=O)Nc1ccc2c(c1)CCC2)C(N)=NO. The second-order valence-corrected chi connectivity index (χ2v) is 4.81. The Morgan fingerprint density at radius 1 is 1.47 bits per heavy atom. The molecule has 0 aliphatic heterocycles. The first-order valence-electron chi connectivity index (χ1n) is 6.55. The number of nitrogens with two attached hydrogens (primary N) is 1. The standard InChI is InChI=1S/C14H19N3O2/c1-2-12(13(15)17-19)14(18)16-11-7-6-9-4-3-5-10(9)8-11/h6-8,12,19H,2-5H2,1H3,(H2,15,17)(H,16,18). The van der Waals surface area contributed by atoms with E-state index in [2.05, 4.69) is 16.5 Å². The van der Waals surface area contributed by atoms with Crippen molar-refractivity contribution in [1.82, 2.24) is 0 Å². The highest BCUT2D eigenvalue weighted by molar-refractivity contribution is 6.07. The second kappa shape index (κ2) is 5.73. The summed E-state index contributed by atoms with van der Waals surface area (Å²) in [6.07, 6.45) is 3.85. The van der Waals surface area contributed by atoms with E-state index in [1.165, 1.54) is 17.5 Å². The summed E-state index contributed by atoms with van der Waals surface area (Å²) in [5.41, 5.74) is 8.95. The molecule has 5 nitrogen and oxygen atoms in total. The fourth-order valence-corrected chi connectivity index (χ4v) is 2.48. The summed E-state index contributed by atoms with van der Waals surface area (Å²) >= 11 is 0. The van der Waals surface area contributed by atoms with Gasteiger partial charge in [0.1, 0.15) is 0 Å². The summed E-state index contributed by atoms with van der Waals surface area (Å²) in [5.74, 6) is -0.893. The van der Waals surface area contributed by atoms with Gasteiger partial charge in [-0.25, -0.2) is 0 Å². The lowest BCUT2D eigenvalue weighted by atomic mass is 10.0. The molecule has 4 N–H and O–H groups in total. The lowest BCUT2D eigenvalue weighted by Crippen LogP contribution is -2.34. The molecule has 0 saturated carbocycles. The van der Waals surface area contributed by atoms with Crippen molar-refractivity contribution >= 4 is 17.4 Å². The van der Waals surface area contributed by atoms with Gasteiger partial charge in [-0.05, 0) is 48.9 Å². The van der Waals surface area contributed by atoms with E-state index in [-0.39, 0.29) is 11.7 Å². The molecule has 1 aliphatic rings. The molecular formula is C14H19N3O2. The molecule has 0 spiro atoms. The van der Waals surface area contributed by atoms with Gasteiger partial charge in [0.25, 0.3) is 0 Å². The minimum atomic E-state index is -0.599. The van der Waals surface area contributed by atoms with Crippen LogP contribution in [-0.4, -0.2) is 17.0 Å². The minimum absolute atomic E-state index is 0.0545. The highest BCUT2D eigenvalue weighted by Gasteiger charge is 2.21. The van der Waals surface area contributed by atoms with Crippen LogP contribution in [0.15, 0.2) is 23.4 Å². The zero-order valence-corrected chi connectivity index (χ0v) is 11.0. The molecule has 2 rings (SSSR count). The number of benzene rings is 1. The van der Waals surface area contributed by atoms with E-state index in [0.717, 1.165) is 18.5 Å². The van der Waals surface area contributed by atoms with Crippen LogP contribution in [0.5, 0.6) is 0 Å². The van der Waals surface area contributed by atoms with E-state index >= 15 is 0 Å². The molecule has 1 aliphatic carbocycles. The van der Waals surface area contributed by atoms with E-state index in [1.54, 1.807) is 0 Å². The van der Waals surface area contributed by atoms with Gasteiger partial charge in [0.2, 0.25) is 5.91 Å². The molecule has 5 heteroatoms. The van der Waals surface area contributed by atoms with Crippen molar-refractivity contribution in [2.75, 3.05) is 5.32 Å². The van der Waals surface area contributed by atoms with Gasteiger partial charge in [-0.3, -0.25) is 4.79 Å². The first kappa shape index (κ1) is 13.4. The number of rotatable bonds is 4. The lowest BCUT2D eigenvalue weighted by molar-refractivity contribution is -0.118. The molecule has 0 aromatic heterocycles. The molecule has 1 atom stereocenters. The number of carbonyl (C=O) groups excluding carboxylic acids is 1. The van der Waals surface area contributed by atoms with Gasteiger partial charge in [0.05, 0.1) is 5.92 Å². The van der Waals surface area contributed by atoms with Gasteiger partial charge < -0.3 is 16.3 Å². The Bertz CT molecular complexity index is 511. The third-order valence-electron chi connectivity index (χ3n) is 3.56. The van der Waals surface area contributed by atoms with Crippen LogP contribution in [0, 0.1) is 5.92 Å². The van der Waals surface area contributed by atoms with Crippen molar-refractivity contribution in [3.05, 3.63) is 29.3 Å². The number of oxime groups is 1. The van der Waals surface area contributed by atoms with Gasteiger partial charge >= 0.3 is 0 Å². The zero-order chi connectivity index (χ0) is 13.8. The van der Waals surface area contributed by atoms with E-state index in [4.69, 9.17) is 10.9 Å². The van der Waals surface area contributed by atoms with E-state index in [0.29, 0.717) is 6.42 Å². The summed E-state index contributed by atoms with van der Waals surface area (Å²) in [4.78, 5) is 12.1. The fourth-order valence-electron chi connectivity index (χ4n) is 2.48. The number of anilines is 1. The Labute approximate surface area is 112 Å². The largest absolute Gasteiger partial charge is 0.409 e. The number of fused-ring (bicyclic) bond motifs is 1. The van der Waals surface area contributed by atoms with Gasteiger partial charge in [0, 0.05) is 5.69 Å². The number of carbonyl (C=O) groups is 1. The Morgan fingerprint density at radius 2 is 2.21 bits per heavy atom. The molecule has 19 heavy (non-hydrogen) atoms. The predicted molar refractivity (Wildman–Crippen MR) is 74.3 cm³/mol. The molecule has 1 aromatic carbocycles. The Kier molecular flexibility index (Phi) is 4.04. The van der Waals surface area contributed by atoms with Crippen molar-refractivity contribution in [3.8, 4) is 0 Å². The molecule has 0 heterocycles. The van der Waals surface area contributed by atoms with Crippen molar-refractivity contribution in [2.24, 2.45) is 16.8 Å². The Morgan fingerprint density at radius 3 is 2.89 bits per heavy atom. The number of hydrogen-bond acceptors (Lipinski definition) is 3. The number of hydrogen-bond donors (Lipinski definition) is 3. The molecule has 0 bridgehead atoms. The number of aryl methyl sites for hydroxylation is 2. The topological polar surface area (TPSA) is 87.7 Å². The third kappa shape index (κ3) is 2.86. The molecular weight excluding hydrogens is 242 g/mol. The monoisotopic (exact) mass is 261 g/mol. The van der Waals surface area contributed by atoms with Gasteiger partial charge in [-0.2, -0.15) is 0 Å². The number of amidine groups is 1. The fraction of sp³-hybridized carbons (Fsp3) is 0.429. The van der Waals surface area contributed by atoms with Crippen molar-refractivity contribution in [1.29, 1.82) is 0 Å².